The van der Waals surface area contributed by atoms with Gasteiger partial charge in [-0.3, -0.25) is 20.1 Å². The van der Waals surface area contributed by atoms with Crippen molar-refractivity contribution in [1.29, 1.82) is 0 Å². The Bertz CT molecular complexity index is 791. The zero-order valence-electron chi connectivity index (χ0n) is 12.5. The van der Waals surface area contributed by atoms with Gasteiger partial charge < -0.3 is 10.6 Å². The molecule has 1 aromatic rings. The number of hydrogen-bond acceptors (Lipinski definition) is 7. The Morgan fingerprint density at radius 3 is 2.75 bits per heavy atom. The molecule has 2 amide bonds. The quantitative estimate of drug-likeness (QED) is 0.494. The molecule has 1 saturated heterocycles. The maximum atomic E-state index is 14.8. The molecule has 4 aliphatic rings. The van der Waals surface area contributed by atoms with E-state index in [1.165, 1.54) is 11.8 Å². The Balaban J connectivity index is 1.66. The second-order valence-corrected chi connectivity index (χ2v) is 7.67. The largest absolute Gasteiger partial charge is 0.368 e. The lowest BCUT2D eigenvalue weighted by molar-refractivity contribution is -0.157. The van der Waals surface area contributed by atoms with Gasteiger partial charge in [0.25, 0.3) is 11.8 Å². The zero-order valence-corrected chi connectivity index (χ0v) is 13.3. The summed E-state index contributed by atoms with van der Waals surface area (Å²) in [5, 5.41) is 12.7. The molecule has 126 valence electrons. The number of nitrogens with one attached hydrogen (secondary N) is 1. The van der Waals surface area contributed by atoms with E-state index in [1.807, 2.05) is 4.90 Å². The molecule has 0 bridgehead atoms. The van der Waals surface area contributed by atoms with Gasteiger partial charge in [-0.2, -0.15) is 5.06 Å². The number of hydroxylamine groups is 2. The minimum absolute atomic E-state index is 0.0408. The third-order valence-corrected chi connectivity index (χ3v) is 6.51. The van der Waals surface area contributed by atoms with Crippen molar-refractivity contribution in [2.75, 3.05) is 23.9 Å². The van der Waals surface area contributed by atoms with E-state index in [0.717, 1.165) is 6.07 Å². The number of benzene rings is 1. The molecule has 4 N–H and O–H groups in total. The number of anilines is 1. The van der Waals surface area contributed by atoms with Crippen LogP contribution in [0.2, 0.25) is 0 Å². The van der Waals surface area contributed by atoms with Gasteiger partial charge in [-0.15, -0.1) is 11.8 Å². The summed E-state index contributed by atoms with van der Waals surface area (Å²) in [6, 6.07) is 0.514. The molecular formula is C15H15FN4O3S. The van der Waals surface area contributed by atoms with Crippen molar-refractivity contribution in [2.24, 2.45) is 17.6 Å². The fourth-order valence-corrected chi connectivity index (χ4v) is 5.28. The summed E-state index contributed by atoms with van der Waals surface area (Å²) in [5.74, 6) is -0.909. The fraction of sp³-hybridized carbons (Fsp3) is 0.467. The van der Waals surface area contributed by atoms with Crippen molar-refractivity contribution in [1.82, 2.24) is 10.4 Å². The van der Waals surface area contributed by atoms with Crippen LogP contribution in [-0.4, -0.2) is 47.1 Å². The lowest BCUT2D eigenvalue weighted by atomic mass is 9.93. The van der Waals surface area contributed by atoms with Crippen LogP contribution in [0.5, 0.6) is 0 Å². The average molecular weight is 350 g/mol. The van der Waals surface area contributed by atoms with Crippen molar-refractivity contribution in [3.8, 4) is 0 Å². The predicted octanol–water partition coefficient (Wildman–Crippen LogP) is 0.284. The molecule has 3 heterocycles. The Morgan fingerprint density at radius 1 is 1.33 bits per heavy atom. The third kappa shape index (κ3) is 1.72. The molecule has 7 nitrogen and oxygen atoms in total. The number of imide groups is 1. The Kier molecular flexibility index (Phi) is 2.86. The van der Waals surface area contributed by atoms with Gasteiger partial charge in [-0.05, 0) is 17.9 Å². The van der Waals surface area contributed by atoms with Crippen LogP contribution < -0.4 is 16.0 Å². The highest BCUT2D eigenvalue weighted by molar-refractivity contribution is 7.99. The number of amides is 2. The number of thioether (sulfide) groups is 1. The predicted molar refractivity (Wildman–Crippen MR) is 83.1 cm³/mol. The lowest BCUT2D eigenvalue weighted by Crippen LogP contribution is -2.49. The van der Waals surface area contributed by atoms with Gasteiger partial charge in [0.05, 0.1) is 11.3 Å². The molecule has 9 heteroatoms. The maximum absolute atomic E-state index is 14.8. The van der Waals surface area contributed by atoms with Crippen LogP contribution >= 0.6 is 11.8 Å². The van der Waals surface area contributed by atoms with E-state index >= 15 is 0 Å². The van der Waals surface area contributed by atoms with Gasteiger partial charge in [0.1, 0.15) is 11.9 Å². The molecule has 0 spiro atoms. The molecule has 2 fully saturated rings. The van der Waals surface area contributed by atoms with Crippen LogP contribution in [0.4, 0.5) is 10.1 Å². The Labute approximate surface area is 140 Å². The van der Waals surface area contributed by atoms with Crippen LogP contribution in [0.15, 0.2) is 11.0 Å². The zero-order chi connectivity index (χ0) is 16.7. The van der Waals surface area contributed by atoms with E-state index in [1.54, 1.807) is 0 Å². The number of nitrogens with zero attached hydrogens (tertiary/aromatic N) is 2. The molecule has 0 aromatic heterocycles. The van der Waals surface area contributed by atoms with Crippen LogP contribution in [0.1, 0.15) is 22.0 Å². The normalized spacial score (nSPS) is 33.6. The molecule has 3 aliphatic heterocycles. The van der Waals surface area contributed by atoms with Crippen LogP contribution in [-0.2, 0) is 4.79 Å². The first-order valence-electron chi connectivity index (χ1n) is 7.79. The minimum atomic E-state index is -0.881. The number of carbonyl (C=O) groups excluding carboxylic acids is 2. The number of fused-ring (bicyclic) bond motifs is 1. The monoisotopic (exact) mass is 350 g/mol. The van der Waals surface area contributed by atoms with Crippen molar-refractivity contribution in [3.05, 3.63) is 23.0 Å². The number of rotatable bonds is 1. The molecular weight excluding hydrogens is 335 g/mol. The van der Waals surface area contributed by atoms with Crippen LogP contribution in [0, 0.1) is 17.7 Å². The molecule has 5 rings (SSSR count). The summed E-state index contributed by atoms with van der Waals surface area (Å²) in [6.45, 7) is 1.39. The summed E-state index contributed by atoms with van der Waals surface area (Å²) < 4.78 is 14.8. The van der Waals surface area contributed by atoms with Crippen molar-refractivity contribution < 1.29 is 19.2 Å². The van der Waals surface area contributed by atoms with E-state index < -0.39 is 23.7 Å². The topological polar surface area (TPSA) is 98.9 Å². The van der Waals surface area contributed by atoms with Gasteiger partial charge in [0, 0.05) is 35.5 Å². The Morgan fingerprint density at radius 2 is 2.04 bits per heavy atom. The SMILES string of the molecule is NC1C2CN(c3c(F)cc4c5c3SCNC5C(=O)N(O)C4=O)CC12. The summed E-state index contributed by atoms with van der Waals surface area (Å²) in [7, 11) is 0. The maximum Gasteiger partial charge on any atom is 0.285 e. The molecule has 3 atom stereocenters. The van der Waals surface area contributed by atoms with Crippen LogP contribution in [0.3, 0.4) is 0 Å². The van der Waals surface area contributed by atoms with E-state index in [-0.39, 0.29) is 16.7 Å². The van der Waals surface area contributed by atoms with Gasteiger partial charge >= 0.3 is 0 Å². The first kappa shape index (κ1) is 14.6. The standard InChI is InChI=1S/C15H15FN4O3S/c16-8-1-5-9-11(15(22)20(23)14(5)21)18-4-24-13(9)12(8)19-2-6-7(3-19)10(6)17/h1,6-7,10-11,18,23H,2-4,17H2. The molecule has 0 radical (unpaired) electrons. The molecule has 1 aliphatic carbocycles. The van der Waals surface area contributed by atoms with Crippen molar-refractivity contribution >= 4 is 29.3 Å². The first-order valence-corrected chi connectivity index (χ1v) is 8.78. The van der Waals surface area contributed by atoms with Crippen molar-refractivity contribution in [2.45, 2.75) is 17.0 Å². The second-order valence-electron chi connectivity index (χ2n) is 6.69. The fourth-order valence-electron chi connectivity index (χ4n) is 4.14. The van der Waals surface area contributed by atoms with Crippen molar-refractivity contribution in [3.63, 3.8) is 0 Å². The average Bonchev–Trinajstić information content (AvgIpc) is 2.97. The highest BCUT2D eigenvalue weighted by Gasteiger charge is 2.54. The van der Waals surface area contributed by atoms with E-state index in [9.17, 15) is 19.2 Å². The highest BCUT2D eigenvalue weighted by Crippen LogP contribution is 2.50. The summed E-state index contributed by atoms with van der Waals surface area (Å²) in [4.78, 5) is 27.0. The molecule has 3 unspecified atom stereocenters. The number of hydrogen-bond donors (Lipinski definition) is 3. The number of carbonyl (C=O) groups is 2. The van der Waals surface area contributed by atoms with E-state index in [4.69, 9.17) is 5.73 Å². The van der Waals surface area contributed by atoms with E-state index in [2.05, 4.69) is 5.32 Å². The molecule has 1 aromatic carbocycles. The molecule has 24 heavy (non-hydrogen) atoms. The number of piperidine rings is 1. The van der Waals surface area contributed by atoms with Gasteiger partial charge in [0.2, 0.25) is 0 Å². The first-order chi connectivity index (χ1) is 11.5. The summed E-state index contributed by atoms with van der Waals surface area (Å²) in [5.41, 5.74) is 6.93. The minimum Gasteiger partial charge on any atom is -0.368 e. The van der Waals surface area contributed by atoms with E-state index in [0.29, 0.717) is 46.9 Å². The number of halogens is 1. The Hall–Kier alpha value is -1.68. The third-order valence-electron chi connectivity index (χ3n) is 5.49. The summed E-state index contributed by atoms with van der Waals surface area (Å²) in [6.07, 6.45) is 0. The second kappa shape index (κ2) is 4.69. The highest BCUT2D eigenvalue weighted by atomic mass is 32.2. The van der Waals surface area contributed by atoms with Crippen LogP contribution in [0.25, 0.3) is 0 Å². The lowest BCUT2D eigenvalue weighted by Gasteiger charge is -2.36. The molecule has 1 saturated carbocycles. The van der Waals surface area contributed by atoms with Gasteiger partial charge in [-0.1, -0.05) is 0 Å². The van der Waals surface area contributed by atoms with Gasteiger partial charge in [-0.25, -0.2) is 4.39 Å². The summed E-state index contributed by atoms with van der Waals surface area (Å²) >= 11 is 1.38. The number of nitrogens with two attached hydrogens (primary N) is 1. The van der Waals surface area contributed by atoms with Gasteiger partial charge in [0.15, 0.2) is 0 Å². The smallest absolute Gasteiger partial charge is 0.285 e.